The Bertz CT molecular complexity index is 755. The minimum Gasteiger partial charge on any atom is -2.00 e. The third kappa shape index (κ3) is 7.12. The molecule has 0 amide bonds. The molecule has 0 bridgehead atoms. The van der Waals surface area contributed by atoms with Gasteiger partial charge in [0.1, 0.15) is 0 Å². The molecule has 7 heteroatoms. The Morgan fingerprint density at radius 3 is 1.59 bits per heavy atom. The van der Waals surface area contributed by atoms with Gasteiger partial charge in [-0.15, -0.1) is 11.5 Å². The maximum atomic E-state index is 12.0. The standard InChI is InChI=1S/C20H20N2O2.2O.W/c23-19-10-3-1-7-16(19)13-22(15-18-9-5-6-12-21-18)14-17-8-2-4-11-20(17)24;;;/h1-12,23-24H,13-15H2;;;/q;2*-2;/p-2. The van der Waals surface area contributed by atoms with E-state index in [0.29, 0.717) is 19.6 Å². The monoisotopic (exact) mass is 534 g/mol. The minimum absolute atomic E-state index is 0. The molecule has 0 aliphatic rings. The van der Waals surface area contributed by atoms with Gasteiger partial charge in [0.25, 0.3) is 0 Å². The van der Waals surface area contributed by atoms with Crippen molar-refractivity contribution in [2.45, 2.75) is 19.6 Å². The molecule has 0 fully saturated rings. The van der Waals surface area contributed by atoms with Gasteiger partial charge in [-0.2, -0.15) is 0 Å². The van der Waals surface area contributed by atoms with E-state index in [1.807, 2.05) is 42.5 Å². The number of hydrogen-bond donors (Lipinski definition) is 0. The van der Waals surface area contributed by atoms with Crippen LogP contribution in [0.3, 0.4) is 0 Å². The largest absolute Gasteiger partial charge is 2.00 e. The van der Waals surface area contributed by atoms with Crippen molar-refractivity contribution in [1.82, 2.24) is 9.88 Å². The molecule has 0 aliphatic carbocycles. The molecular formula is C20H18N2O4W-6. The molecule has 6 nitrogen and oxygen atoms in total. The van der Waals surface area contributed by atoms with Crippen LogP contribution >= 0.6 is 0 Å². The molecule has 0 N–H and O–H groups in total. The normalized spacial score (nSPS) is 9.67. The average Bonchev–Trinajstić information content (AvgIpc) is 2.60. The topological polar surface area (TPSA) is 119 Å². The molecule has 144 valence electrons. The molecule has 0 atom stereocenters. The summed E-state index contributed by atoms with van der Waals surface area (Å²) in [5, 5.41) is 24.0. The van der Waals surface area contributed by atoms with Crippen molar-refractivity contribution >= 4 is 0 Å². The van der Waals surface area contributed by atoms with Gasteiger partial charge in [-0.25, -0.2) is 0 Å². The summed E-state index contributed by atoms with van der Waals surface area (Å²) in [6.45, 7) is 1.53. The fourth-order valence-electron chi connectivity index (χ4n) is 2.64. The van der Waals surface area contributed by atoms with Crippen molar-refractivity contribution < 1.29 is 42.2 Å². The van der Waals surface area contributed by atoms with Crippen molar-refractivity contribution in [3.8, 4) is 11.5 Å². The van der Waals surface area contributed by atoms with Gasteiger partial charge in [-0.05, 0) is 23.3 Å². The van der Waals surface area contributed by atoms with Gasteiger partial charge < -0.3 is 21.2 Å². The summed E-state index contributed by atoms with van der Waals surface area (Å²) >= 11 is 0. The van der Waals surface area contributed by atoms with Crippen molar-refractivity contribution in [3.05, 3.63) is 89.7 Å². The Morgan fingerprint density at radius 1 is 0.667 bits per heavy atom. The van der Waals surface area contributed by atoms with E-state index in [9.17, 15) is 10.2 Å². The molecule has 2 aromatic carbocycles. The van der Waals surface area contributed by atoms with Crippen molar-refractivity contribution in [1.29, 1.82) is 0 Å². The second-order valence-electron chi connectivity index (χ2n) is 5.68. The number of para-hydroxylation sites is 2. The van der Waals surface area contributed by atoms with Gasteiger partial charge in [0.15, 0.2) is 0 Å². The molecule has 3 aromatic rings. The molecule has 0 saturated carbocycles. The molecule has 3 rings (SSSR count). The third-order valence-corrected chi connectivity index (χ3v) is 3.84. The van der Waals surface area contributed by atoms with Crippen LogP contribution in [0.2, 0.25) is 0 Å². The van der Waals surface area contributed by atoms with E-state index in [2.05, 4.69) is 9.88 Å². The number of aromatic nitrogens is 1. The fourth-order valence-corrected chi connectivity index (χ4v) is 2.64. The van der Waals surface area contributed by atoms with Crippen LogP contribution < -0.4 is 10.2 Å². The van der Waals surface area contributed by atoms with E-state index < -0.39 is 0 Å². The van der Waals surface area contributed by atoms with Crippen molar-refractivity contribution in [3.63, 3.8) is 0 Å². The first kappa shape index (κ1) is 24.8. The summed E-state index contributed by atoms with van der Waals surface area (Å²) < 4.78 is 0. The smallest absolute Gasteiger partial charge is 0.0544 e. The zero-order valence-corrected chi connectivity index (χ0v) is 17.4. The molecule has 0 unspecified atom stereocenters. The first-order valence-electron chi connectivity index (χ1n) is 7.84. The molecule has 1 aromatic heterocycles. The summed E-state index contributed by atoms with van der Waals surface area (Å²) in [5.41, 5.74) is 2.35. The SMILES string of the molecule is [O-2].[O-2].[O-]c1ccccc1CN(Cc1ccccn1)Cc1ccccc1[O-].[W]. The Hall–Kier alpha value is -2.24. The van der Waals surface area contributed by atoms with E-state index in [-0.39, 0.29) is 43.5 Å². The Kier molecular flexibility index (Phi) is 11.2. The van der Waals surface area contributed by atoms with Crippen LogP contribution in [0, 0.1) is 0 Å². The maximum Gasteiger partial charge on any atom is 0.0544 e. The fraction of sp³-hybridized carbons (Fsp3) is 0.150. The first-order chi connectivity index (χ1) is 11.7. The molecule has 0 spiro atoms. The summed E-state index contributed by atoms with van der Waals surface area (Å²) in [4.78, 5) is 6.41. The van der Waals surface area contributed by atoms with Crippen LogP contribution in [0.1, 0.15) is 16.8 Å². The molecule has 0 aliphatic heterocycles. The van der Waals surface area contributed by atoms with E-state index in [4.69, 9.17) is 0 Å². The zero-order chi connectivity index (χ0) is 16.8. The van der Waals surface area contributed by atoms with Crippen LogP contribution in [0.25, 0.3) is 0 Å². The number of rotatable bonds is 6. The average molecular weight is 534 g/mol. The first-order valence-corrected chi connectivity index (χ1v) is 7.84. The summed E-state index contributed by atoms with van der Waals surface area (Å²) in [5.74, 6) is 0.0258. The number of pyridine rings is 1. The van der Waals surface area contributed by atoms with E-state index in [1.165, 1.54) is 0 Å². The number of hydrogen-bond acceptors (Lipinski definition) is 4. The second-order valence-corrected chi connectivity index (χ2v) is 5.68. The predicted octanol–water partition coefficient (Wildman–Crippen LogP) is 2.19. The Balaban J connectivity index is 0.00000225. The van der Waals surface area contributed by atoms with Gasteiger partial charge in [0, 0.05) is 46.9 Å². The Morgan fingerprint density at radius 2 is 1.15 bits per heavy atom. The van der Waals surface area contributed by atoms with Crippen molar-refractivity contribution in [2.75, 3.05) is 0 Å². The van der Waals surface area contributed by atoms with Crippen LogP contribution in [0.5, 0.6) is 11.5 Å². The zero-order valence-electron chi connectivity index (χ0n) is 14.5. The van der Waals surface area contributed by atoms with Crippen LogP contribution in [-0.2, 0) is 51.7 Å². The molecular weight excluding hydrogens is 516 g/mol. The summed E-state index contributed by atoms with van der Waals surface area (Å²) in [7, 11) is 0. The third-order valence-electron chi connectivity index (χ3n) is 3.84. The van der Waals surface area contributed by atoms with E-state index in [0.717, 1.165) is 16.8 Å². The molecule has 27 heavy (non-hydrogen) atoms. The summed E-state index contributed by atoms with van der Waals surface area (Å²) in [6.07, 6.45) is 1.75. The quantitative estimate of drug-likeness (QED) is 0.482. The minimum atomic E-state index is 0. The molecule has 1 heterocycles. The Labute approximate surface area is 173 Å². The van der Waals surface area contributed by atoms with Crippen LogP contribution in [0.15, 0.2) is 72.9 Å². The van der Waals surface area contributed by atoms with Gasteiger partial charge in [0.2, 0.25) is 0 Å². The van der Waals surface area contributed by atoms with Gasteiger partial charge in [0.05, 0.1) is 5.69 Å². The summed E-state index contributed by atoms with van der Waals surface area (Å²) in [6, 6.07) is 19.7. The number of benzene rings is 2. The van der Waals surface area contributed by atoms with Gasteiger partial charge in [-0.3, -0.25) is 9.88 Å². The number of nitrogens with zero attached hydrogens (tertiary/aromatic N) is 2. The van der Waals surface area contributed by atoms with Gasteiger partial charge in [-0.1, -0.05) is 54.6 Å². The van der Waals surface area contributed by atoms with Crippen LogP contribution in [-0.4, -0.2) is 9.88 Å². The molecule has 0 radical (unpaired) electrons. The van der Waals surface area contributed by atoms with Crippen molar-refractivity contribution in [2.24, 2.45) is 0 Å². The van der Waals surface area contributed by atoms with E-state index >= 15 is 0 Å². The second kappa shape index (κ2) is 12.2. The molecule has 0 saturated heterocycles. The van der Waals surface area contributed by atoms with Crippen LogP contribution in [0.4, 0.5) is 0 Å². The predicted molar refractivity (Wildman–Crippen MR) is 90.3 cm³/mol. The maximum absolute atomic E-state index is 12.0. The van der Waals surface area contributed by atoms with E-state index in [1.54, 1.807) is 30.5 Å². The van der Waals surface area contributed by atoms with Gasteiger partial charge >= 0.3 is 0 Å².